The molecule has 0 heterocycles. The van der Waals surface area contributed by atoms with E-state index in [0.29, 0.717) is 23.9 Å². The monoisotopic (exact) mass is 1350 g/mol. The molecule has 0 aromatic heterocycles. The van der Waals surface area contributed by atoms with Crippen molar-refractivity contribution in [2.45, 2.75) is 322 Å². The van der Waals surface area contributed by atoms with Crippen LogP contribution in [-0.2, 0) is 33.3 Å². The zero-order valence-electron chi connectivity index (χ0n) is 62.9. The first-order valence-corrected chi connectivity index (χ1v) is 39.3. The van der Waals surface area contributed by atoms with Crippen LogP contribution in [0.15, 0.2) is 170 Å². The Morgan fingerprint density at radius 1 is 0.309 bits per heavy atom. The molecule has 2 atom stereocenters. The second-order valence-electron chi connectivity index (χ2n) is 26.9. The normalized spacial score (nSPS) is 13.6. The van der Waals surface area contributed by atoms with E-state index in [4.69, 9.17) is 18.9 Å². The number of rotatable bonds is 71. The molecule has 0 aliphatic rings. The van der Waals surface area contributed by atoms with Gasteiger partial charge in [0.05, 0.1) is 34.4 Å². The first-order chi connectivity index (χ1) is 47.6. The number of carboxylic acid groups (broad SMARTS) is 1. The highest BCUT2D eigenvalue weighted by Crippen LogP contribution is 2.17. The molecular weight excluding hydrogens is 1200 g/mol. The van der Waals surface area contributed by atoms with Gasteiger partial charge in [0, 0.05) is 12.8 Å². The van der Waals surface area contributed by atoms with Gasteiger partial charge in [0.15, 0.2) is 6.10 Å². The van der Waals surface area contributed by atoms with Crippen LogP contribution >= 0.6 is 0 Å². The third-order valence-corrected chi connectivity index (χ3v) is 16.5. The summed E-state index contributed by atoms with van der Waals surface area (Å²) in [5.74, 6) is -2.01. The average Bonchev–Trinajstić information content (AvgIpc) is 3.27. The lowest BCUT2D eigenvalue weighted by Crippen LogP contribution is -2.40. The Morgan fingerprint density at radius 2 is 0.557 bits per heavy atom. The number of quaternary nitrogens is 1. The molecule has 0 aliphatic heterocycles. The predicted molar refractivity (Wildman–Crippen MR) is 419 cm³/mol. The molecule has 97 heavy (non-hydrogen) atoms. The molecule has 0 bridgehead atoms. The van der Waals surface area contributed by atoms with Crippen LogP contribution in [-0.4, -0.2) is 87.4 Å². The molecule has 0 aromatic rings. The maximum atomic E-state index is 13.0. The van der Waals surface area contributed by atoms with Gasteiger partial charge < -0.3 is 28.5 Å². The van der Waals surface area contributed by atoms with Gasteiger partial charge in [-0.2, -0.15) is 0 Å². The Kier molecular flexibility index (Phi) is 72.2. The van der Waals surface area contributed by atoms with Crippen LogP contribution in [0.5, 0.6) is 0 Å². The molecule has 2 unspecified atom stereocenters. The maximum absolute atomic E-state index is 13.0. The molecule has 1 N–H and O–H groups in total. The topological polar surface area (TPSA) is 108 Å². The van der Waals surface area contributed by atoms with Crippen LogP contribution < -0.4 is 0 Å². The van der Waals surface area contributed by atoms with Crippen molar-refractivity contribution >= 4 is 17.9 Å². The minimum Gasteiger partial charge on any atom is -0.477 e. The van der Waals surface area contributed by atoms with Gasteiger partial charge in [-0.1, -0.05) is 338 Å². The number of carbonyl (C=O) groups is 3. The van der Waals surface area contributed by atoms with E-state index in [9.17, 15) is 19.5 Å². The van der Waals surface area contributed by atoms with E-state index in [1.54, 1.807) is 0 Å². The third kappa shape index (κ3) is 77.9. The van der Waals surface area contributed by atoms with Gasteiger partial charge in [0.1, 0.15) is 13.2 Å². The summed E-state index contributed by atoms with van der Waals surface area (Å²) in [6.07, 6.45) is 112. The summed E-state index contributed by atoms with van der Waals surface area (Å²) in [5.41, 5.74) is 0. The van der Waals surface area contributed by atoms with Crippen LogP contribution in [0.1, 0.15) is 309 Å². The molecular formula is C88H146NO8+. The smallest absolute Gasteiger partial charge is 0.361 e. The van der Waals surface area contributed by atoms with Gasteiger partial charge in [0.25, 0.3) is 6.29 Å². The lowest BCUT2D eigenvalue weighted by atomic mass is 10.0. The standard InChI is InChI=1S/C88H145NO8/c1-6-8-10-12-14-16-18-20-22-24-26-28-30-32-34-36-38-39-40-41-42-43-44-45-46-47-49-51-53-55-57-59-61-63-65-67-69-71-73-75-77-79-86(91)97-84(83-96-88(87(92)93)94-81-80-89(3,4)5)82-95-85(90)78-76-74-72-70-68-66-64-62-60-58-56-54-52-50-48-37-35-33-31-29-27-25-23-21-19-17-15-13-11-9-7-2/h8-11,14-17,20-23,26-29,32-35,38-39,41-42,44-45,48,50,84,88H,6-7,12-13,18-19,24-25,30-31,36-37,40,43,46-47,49,51-83H2,1-5H3/p+1/b10-8-,11-9-,16-14-,17-15-,22-20-,23-21-,28-26-,29-27-,34-32-,35-33-,39-38-,42-41-,45-44-,50-48-. The molecule has 9 heteroatoms. The molecule has 0 radical (unpaired) electrons. The van der Waals surface area contributed by atoms with E-state index in [1.165, 1.54) is 154 Å². The van der Waals surface area contributed by atoms with Crippen LogP contribution in [0, 0.1) is 0 Å². The number of ether oxygens (including phenoxy) is 4. The number of unbranched alkanes of at least 4 members (excludes halogenated alkanes) is 28. The Bertz CT molecular complexity index is 2210. The highest BCUT2D eigenvalue weighted by molar-refractivity contribution is 5.71. The fourth-order valence-corrected chi connectivity index (χ4v) is 10.6. The number of hydrogen-bond donors (Lipinski definition) is 1. The molecule has 0 saturated heterocycles. The van der Waals surface area contributed by atoms with Crippen LogP contribution in [0.3, 0.4) is 0 Å². The minimum absolute atomic E-state index is 0.181. The molecule has 0 fully saturated rings. The molecule has 550 valence electrons. The summed E-state index contributed by atoms with van der Waals surface area (Å²) in [6.45, 7) is 4.66. The van der Waals surface area contributed by atoms with Crippen LogP contribution in [0.25, 0.3) is 0 Å². The van der Waals surface area contributed by atoms with Crippen molar-refractivity contribution in [3.63, 3.8) is 0 Å². The van der Waals surface area contributed by atoms with Crippen LogP contribution in [0.2, 0.25) is 0 Å². The highest BCUT2D eigenvalue weighted by atomic mass is 16.7. The van der Waals surface area contributed by atoms with Gasteiger partial charge in [-0.3, -0.25) is 9.59 Å². The number of aliphatic carboxylic acids is 1. The second-order valence-corrected chi connectivity index (χ2v) is 26.9. The maximum Gasteiger partial charge on any atom is 0.361 e. The lowest BCUT2D eigenvalue weighted by Gasteiger charge is -2.25. The molecule has 0 rings (SSSR count). The number of carbonyl (C=O) groups excluding carboxylic acids is 2. The predicted octanol–water partition coefficient (Wildman–Crippen LogP) is 25.4. The van der Waals surface area contributed by atoms with Gasteiger partial charge in [-0.15, -0.1) is 0 Å². The zero-order valence-corrected chi connectivity index (χ0v) is 62.9. The summed E-state index contributed by atoms with van der Waals surface area (Å²) in [6, 6.07) is 0. The van der Waals surface area contributed by atoms with Crippen molar-refractivity contribution in [2.24, 2.45) is 0 Å². The molecule has 0 spiro atoms. The first-order valence-electron chi connectivity index (χ1n) is 39.3. The highest BCUT2D eigenvalue weighted by Gasteiger charge is 2.25. The fraction of sp³-hybridized carbons (Fsp3) is 0.648. The number of nitrogens with zero attached hydrogens (tertiary/aromatic N) is 1. The fourth-order valence-electron chi connectivity index (χ4n) is 10.6. The number of carboxylic acids is 1. The summed E-state index contributed by atoms with van der Waals surface area (Å²) in [4.78, 5) is 37.7. The quantitative estimate of drug-likeness (QED) is 0.0211. The first kappa shape index (κ1) is 91.6. The summed E-state index contributed by atoms with van der Waals surface area (Å²) in [5, 5.41) is 9.77. The molecule has 0 aromatic carbocycles. The van der Waals surface area contributed by atoms with Crippen molar-refractivity contribution < 1.29 is 42.9 Å². The van der Waals surface area contributed by atoms with E-state index in [0.717, 1.165) is 122 Å². The van der Waals surface area contributed by atoms with Gasteiger partial charge >= 0.3 is 17.9 Å². The van der Waals surface area contributed by atoms with Crippen molar-refractivity contribution in [1.29, 1.82) is 0 Å². The number of allylic oxidation sites excluding steroid dienone is 28. The van der Waals surface area contributed by atoms with Crippen LogP contribution in [0.4, 0.5) is 0 Å². The van der Waals surface area contributed by atoms with Crippen molar-refractivity contribution in [3.05, 3.63) is 170 Å². The number of likely N-dealkylation sites (N-methyl/N-ethyl adjacent to an activating group) is 1. The van der Waals surface area contributed by atoms with E-state index in [-0.39, 0.29) is 32.2 Å². The minimum atomic E-state index is -1.52. The van der Waals surface area contributed by atoms with Gasteiger partial charge in [-0.05, 0) is 128 Å². The van der Waals surface area contributed by atoms with E-state index in [2.05, 4.69) is 184 Å². The molecule has 9 nitrogen and oxygen atoms in total. The zero-order chi connectivity index (χ0) is 70.4. The summed E-state index contributed by atoms with van der Waals surface area (Å²) < 4.78 is 23.0. The largest absolute Gasteiger partial charge is 0.477 e. The Morgan fingerprint density at radius 3 is 0.825 bits per heavy atom. The van der Waals surface area contributed by atoms with E-state index < -0.39 is 24.3 Å². The molecule has 0 amide bonds. The van der Waals surface area contributed by atoms with Gasteiger partial charge in [-0.25, -0.2) is 4.79 Å². The molecule has 0 saturated carbocycles. The van der Waals surface area contributed by atoms with E-state index >= 15 is 0 Å². The van der Waals surface area contributed by atoms with E-state index in [1.807, 2.05) is 21.1 Å². The van der Waals surface area contributed by atoms with Crippen molar-refractivity contribution in [2.75, 3.05) is 47.5 Å². The number of hydrogen-bond acceptors (Lipinski definition) is 7. The van der Waals surface area contributed by atoms with Gasteiger partial charge in [0.2, 0.25) is 0 Å². The Balaban J connectivity index is 4.08. The lowest BCUT2D eigenvalue weighted by molar-refractivity contribution is -0.870. The SMILES string of the molecule is CC/C=C\C/C=C\C/C=C\C/C=C\C/C=C\C/C=C\C/C=C\C/C=C\CCCCCCCCCCCCCCCCCCC(=O)OC(COC(=O)CCCCCCCCCCCCCC/C=C\C/C=C\C/C=C\C/C=C\C/C=C\C/C=C\CC)COC(OCC[N+](C)(C)C)C(=O)O. The van der Waals surface area contributed by atoms with Crippen molar-refractivity contribution in [3.8, 4) is 0 Å². The molecule has 0 aliphatic carbocycles. The second kappa shape index (κ2) is 76.4. The Labute approximate surface area is 597 Å². The Hall–Kier alpha value is -5.35. The average molecular weight is 1350 g/mol. The number of esters is 2. The van der Waals surface area contributed by atoms with Crippen molar-refractivity contribution in [1.82, 2.24) is 0 Å². The third-order valence-electron chi connectivity index (χ3n) is 16.5. The summed E-state index contributed by atoms with van der Waals surface area (Å²) in [7, 11) is 5.98. The summed E-state index contributed by atoms with van der Waals surface area (Å²) >= 11 is 0.